The van der Waals surface area contributed by atoms with Gasteiger partial charge in [0.05, 0.1) is 5.97 Å². The van der Waals surface area contributed by atoms with Gasteiger partial charge in [-0.25, -0.2) is 9.78 Å². The number of carbonyl (C=O) groups excluding carboxylic acids is 2. The molecular formula is C11H17N4NaO3S. The van der Waals surface area contributed by atoms with E-state index >= 15 is 0 Å². The molecule has 9 heteroatoms. The van der Waals surface area contributed by atoms with E-state index in [0.29, 0.717) is 5.82 Å². The largest absolute Gasteiger partial charge is 1.00 e. The van der Waals surface area contributed by atoms with Gasteiger partial charge in [-0.2, -0.15) is 4.68 Å². The second-order valence-corrected chi connectivity index (χ2v) is 6.16. The van der Waals surface area contributed by atoms with E-state index < -0.39 is 5.97 Å². The second-order valence-electron chi connectivity index (χ2n) is 5.22. The zero-order chi connectivity index (χ0) is 14.8. The van der Waals surface area contributed by atoms with Crippen LogP contribution in [0.5, 0.6) is 0 Å². The summed E-state index contributed by atoms with van der Waals surface area (Å²) in [5, 5.41) is 14.9. The van der Waals surface area contributed by atoms with E-state index in [4.69, 9.17) is 0 Å². The van der Waals surface area contributed by atoms with Crippen LogP contribution >= 0.6 is 11.8 Å². The van der Waals surface area contributed by atoms with Crippen LogP contribution in [0, 0.1) is 0 Å². The minimum atomic E-state index is -1.21. The number of hydrogen-bond acceptors (Lipinski definition) is 6. The van der Waals surface area contributed by atoms with Crippen LogP contribution in [0.4, 0.5) is 4.79 Å². The minimum absolute atomic E-state index is 0. The summed E-state index contributed by atoms with van der Waals surface area (Å²) in [6.45, 7) is 5.75. The molecule has 20 heavy (non-hydrogen) atoms. The van der Waals surface area contributed by atoms with Crippen LogP contribution in [0.1, 0.15) is 26.6 Å². The average molecular weight is 308 g/mol. The first-order valence-corrected chi connectivity index (χ1v) is 6.63. The standard InChI is InChI=1S/C11H18N4O3S.Na/c1-11(2,3)8-12-9(19-6-7(16)17)15(13-8)10(18)14(4)5;/h6H2,1-5H3,(H,16,17);/q;+1/p-1. The van der Waals surface area contributed by atoms with Crippen molar-refractivity contribution in [3.05, 3.63) is 5.82 Å². The SMILES string of the molecule is CN(C)C(=O)n1nc(C(C)(C)C)nc1SCC(=O)[O-].[Na+]. The number of nitrogens with zero attached hydrogens (tertiary/aromatic N) is 4. The number of amides is 1. The molecule has 0 fully saturated rings. The maximum absolute atomic E-state index is 12.0. The molecule has 0 spiro atoms. The zero-order valence-electron chi connectivity index (χ0n) is 12.6. The van der Waals surface area contributed by atoms with Gasteiger partial charge in [-0.15, -0.1) is 5.10 Å². The normalized spacial score (nSPS) is 10.8. The minimum Gasteiger partial charge on any atom is -0.549 e. The number of hydrogen-bond donors (Lipinski definition) is 0. The number of thioether (sulfide) groups is 1. The summed E-state index contributed by atoms with van der Waals surface area (Å²) >= 11 is 0.918. The van der Waals surface area contributed by atoms with Crippen LogP contribution in [0.3, 0.4) is 0 Å². The Morgan fingerprint density at radius 3 is 2.30 bits per heavy atom. The fraction of sp³-hybridized carbons (Fsp3) is 0.636. The van der Waals surface area contributed by atoms with E-state index in [2.05, 4.69) is 10.1 Å². The number of carboxylic acid groups (broad SMARTS) is 1. The summed E-state index contributed by atoms with van der Waals surface area (Å²) < 4.78 is 1.12. The van der Waals surface area contributed by atoms with Crippen molar-refractivity contribution >= 4 is 23.8 Å². The Hall–Kier alpha value is -0.570. The van der Waals surface area contributed by atoms with Gasteiger partial charge in [-0.05, 0) is 0 Å². The topological polar surface area (TPSA) is 91.2 Å². The van der Waals surface area contributed by atoms with Crippen molar-refractivity contribution in [1.29, 1.82) is 0 Å². The number of aliphatic carboxylic acids is 1. The quantitative estimate of drug-likeness (QED) is 0.435. The average Bonchev–Trinajstić information content (AvgIpc) is 2.68. The van der Waals surface area contributed by atoms with Crippen LogP contribution in [-0.2, 0) is 10.2 Å². The Bertz CT molecular complexity index is 496. The van der Waals surface area contributed by atoms with Crippen molar-refractivity contribution in [1.82, 2.24) is 19.7 Å². The molecule has 1 heterocycles. The van der Waals surface area contributed by atoms with Crippen molar-refractivity contribution < 1.29 is 44.3 Å². The molecule has 1 aromatic rings. The van der Waals surface area contributed by atoms with Crippen molar-refractivity contribution in [2.24, 2.45) is 0 Å². The zero-order valence-corrected chi connectivity index (χ0v) is 15.4. The molecule has 0 saturated carbocycles. The predicted octanol–water partition coefficient (Wildman–Crippen LogP) is -3.05. The van der Waals surface area contributed by atoms with Crippen LogP contribution in [0.15, 0.2) is 5.16 Å². The summed E-state index contributed by atoms with van der Waals surface area (Å²) in [5.41, 5.74) is -0.325. The molecule has 106 valence electrons. The Morgan fingerprint density at radius 2 is 1.90 bits per heavy atom. The molecule has 0 radical (unpaired) electrons. The van der Waals surface area contributed by atoms with E-state index in [-0.39, 0.29) is 51.9 Å². The summed E-state index contributed by atoms with van der Waals surface area (Å²) in [6, 6.07) is -0.371. The Morgan fingerprint density at radius 1 is 1.35 bits per heavy atom. The first-order valence-electron chi connectivity index (χ1n) is 5.64. The smallest absolute Gasteiger partial charge is 0.549 e. The summed E-state index contributed by atoms with van der Waals surface area (Å²) in [4.78, 5) is 28.1. The molecule has 0 atom stereocenters. The van der Waals surface area contributed by atoms with Gasteiger partial charge in [0.15, 0.2) is 11.0 Å². The maximum Gasteiger partial charge on any atom is 1.00 e. The third-order valence-corrected chi connectivity index (χ3v) is 3.03. The van der Waals surface area contributed by atoms with Crippen LogP contribution < -0.4 is 34.7 Å². The molecular weight excluding hydrogens is 291 g/mol. The Labute approximate surface area is 144 Å². The summed E-state index contributed by atoms with van der Waals surface area (Å²) in [7, 11) is 3.18. The number of carbonyl (C=O) groups is 2. The van der Waals surface area contributed by atoms with Crippen LogP contribution in [0.25, 0.3) is 0 Å². The van der Waals surface area contributed by atoms with Gasteiger partial charge in [0.25, 0.3) is 0 Å². The predicted molar refractivity (Wildman–Crippen MR) is 68.9 cm³/mol. The Kier molecular flexibility index (Phi) is 7.23. The van der Waals surface area contributed by atoms with Gasteiger partial charge in [-0.3, -0.25) is 0 Å². The molecule has 0 aliphatic carbocycles. The number of rotatable bonds is 3. The summed E-state index contributed by atoms with van der Waals surface area (Å²) in [6.07, 6.45) is 0. The van der Waals surface area contributed by atoms with Crippen molar-refractivity contribution in [3.63, 3.8) is 0 Å². The first-order chi connectivity index (χ1) is 8.62. The molecule has 1 amide bonds. The van der Waals surface area contributed by atoms with Gasteiger partial charge < -0.3 is 14.8 Å². The molecule has 1 aromatic heterocycles. The molecule has 0 N–H and O–H groups in total. The molecule has 0 bridgehead atoms. The fourth-order valence-corrected chi connectivity index (χ4v) is 1.79. The van der Waals surface area contributed by atoms with E-state index in [1.165, 1.54) is 4.90 Å². The molecule has 7 nitrogen and oxygen atoms in total. The number of aromatic nitrogens is 3. The van der Waals surface area contributed by atoms with Crippen molar-refractivity contribution in [2.45, 2.75) is 31.3 Å². The van der Waals surface area contributed by atoms with E-state index in [0.717, 1.165) is 16.4 Å². The molecule has 0 aliphatic heterocycles. The first kappa shape index (κ1) is 19.4. The van der Waals surface area contributed by atoms with E-state index in [1.807, 2.05) is 20.8 Å². The van der Waals surface area contributed by atoms with Gasteiger partial charge in [0.1, 0.15) is 0 Å². The third-order valence-electron chi connectivity index (χ3n) is 2.13. The van der Waals surface area contributed by atoms with E-state index in [1.54, 1.807) is 14.1 Å². The maximum atomic E-state index is 12.0. The third kappa shape index (κ3) is 5.08. The molecule has 0 aliphatic rings. The van der Waals surface area contributed by atoms with Crippen molar-refractivity contribution in [2.75, 3.05) is 19.8 Å². The second kappa shape index (κ2) is 7.44. The number of carboxylic acids is 1. The van der Waals surface area contributed by atoms with E-state index in [9.17, 15) is 14.7 Å². The molecule has 0 unspecified atom stereocenters. The van der Waals surface area contributed by atoms with Crippen LogP contribution in [-0.4, -0.2) is 51.5 Å². The fourth-order valence-electron chi connectivity index (χ4n) is 1.15. The van der Waals surface area contributed by atoms with Gasteiger partial charge >= 0.3 is 35.6 Å². The summed E-state index contributed by atoms with van der Waals surface area (Å²) in [5.74, 6) is -0.999. The van der Waals surface area contributed by atoms with Crippen molar-refractivity contribution in [3.8, 4) is 0 Å². The molecule has 1 rings (SSSR count). The van der Waals surface area contributed by atoms with Gasteiger partial charge in [-0.1, -0.05) is 32.5 Å². The monoisotopic (exact) mass is 308 g/mol. The Balaban J connectivity index is 0.00000361. The van der Waals surface area contributed by atoms with Gasteiger partial charge in [0.2, 0.25) is 0 Å². The van der Waals surface area contributed by atoms with Gasteiger partial charge in [0, 0.05) is 25.3 Å². The molecule has 0 aromatic carbocycles. The van der Waals surface area contributed by atoms with Crippen LogP contribution in [0.2, 0.25) is 0 Å². The molecule has 0 saturated heterocycles.